The molecule has 4 rings (SSSR count). The van der Waals surface area contributed by atoms with Crippen molar-refractivity contribution < 1.29 is 14.0 Å². The summed E-state index contributed by atoms with van der Waals surface area (Å²) in [7, 11) is 0. The van der Waals surface area contributed by atoms with E-state index in [2.05, 4.69) is 10.3 Å². The van der Waals surface area contributed by atoms with E-state index in [-0.39, 0.29) is 18.2 Å². The van der Waals surface area contributed by atoms with Crippen LogP contribution in [-0.2, 0) is 24.3 Å². The second-order valence-electron chi connectivity index (χ2n) is 6.96. The zero-order valence-electron chi connectivity index (χ0n) is 16.7. The van der Waals surface area contributed by atoms with Crippen molar-refractivity contribution in [2.75, 3.05) is 5.32 Å². The number of amides is 2. The molecular weight excluding hydrogens is 410 g/mol. The highest BCUT2D eigenvalue weighted by Crippen LogP contribution is 2.19. The Bertz CT molecular complexity index is 1130. The summed E-state index contributed by atoms with van der Waals surface area (Å²) < 4.78 is 5.44. The van der Waals surface area contributed by atoms with Gasteiger partial charge in [0, 0.05) is 17.5 Å². The first kappa shape index (κ1) is 20.6. The molecule has 0 fully saturated rings. The van der Waals surface area contributed by atoms with Crippen LogP contribution in [0.4, 0.5) is 5.13 Å². The van der Waals surface area contributed by atoms with Gasteiger partial charge in [-0.25, -0.2) is 4.98 Å². The van der Waals surface area contributed by atoms with Gasteiger partial charge in [0.2, 0.25) is 5.91 Å². The molecule has 6 nitrogen and oxygen atoms in total. The Morgan fingerprint density at radius 2 is 1.68 bits per heavy atom. The fourth-order valence-corrected chi connectivity index (χ4v) is 3.80. The average Bonchev–Trinajstić information content (AvgIpc) is 3.47. The Kier molecular flexibility index (Phi) is 6.54. The molecule has 0 saturated heterocycles. The third kappa shape index (κ3) is 5.67. The topological polar surface area (TPSA) is 75.4 Å². The predicted molar refractivity (Wildman–Crippen MR) is 120 cm³/mol. The number of thiazole rings is 1. The van der Waals surface area contributed by atoms with Gasteiger partial charge >= 0.3 is 0 Å². The van der Waals surface area contributed by atoms with Crippen molar-refractivity contribution in [1.29, 1.82) is 0 Å². The summed E-state index contributed by atoms with van der Waals surface area (Å²) in [5.74, 6) is 0.432. The van der Waals surface area contributed by atoms with Gasteiger partial charge in [-0.1, -0.05) is 48.5 Å². The third-order valence-electron chi connectivity index (χ3n) is 4.64. The van der Waals surface area contributed by atoms with Gasteiger partial charge in [0.1, 0.15) is 5.76 Å². The van der Waals surface area contributed by atoms with E-state index >= 15 is 0 Å². The molecule has 0 aliphatic heterocycles. The van der Waals surface area contributed by atoms with E-state index in [0.29, 0.717) is 29.5 Å². The number of benzene rings is 2. The van der Waals surface area contributed by atoms with Crippen molar-refractivity contribution >= 4 is 28.3 Å². The second-order valence-corrected chi connectivity index (χ2v) is 7.81. The number of hydrogen-bond donors (Lipinski definition) is 1. The maximum absolute atomic E-state index is 13.1. The maximum atomic E-state index is 13.1. The second kappa shape index (κ2) is 9.86. The standard InChI is InChI=1S/C24H21N3O3S/c28-22(27(16-21-12-7-13-30-21)15-18-8-3-1-4-9-18)14-20-17-31-24(25-20)26-23(29)19-10-5-2-6-11-19/h1-13,17H,14-16H2,(H,25,26,29). The van der Waals surface area contributed by atoms with E-state index in [9.17, 15) is 9.59 Å². The van der Waals surface area contributed by atoms with Gasteiger partial charge < -0.3 is 9.32 Å². The van der Waals surface area contributed by atoms with Gasteiger partial charge in [-0.2, -0.15) is 0 Å². The molecule has 2 heterocycles. The van der Waals surface area contributed by atoms with Gasteiger partial charge in [-0.15, -0.1) is 11.3 Å². The van der Waals surface area contributed by atoms with Crippen LogP contribution in [-0.4, -0.2) is 21.7 Å². The molecule has 4 aromatic rings. The summed E-state index contributed by atoms with van der Waals surface area (Å²) >= 11 is 1.30. The van der Waals surface area contributed by atoms with Crippen LogP contribution in [0.15, 0.2) is 88.9 Å². The fourth-order valence-electron chi connectivity index (χ4n) is 3.10. The SMILES string of the molecule is O=C(Nc1nc(CC(=O)N(Cc2ccccc2)Cc2ccco2)cs1)c1ccccc1. The summed E-state index contributed by atoms with van der Waals surface area (Å²) in [6.45, 7) is 0.852. The van der Waals surface area contributed by atoms with Crippen LogP contribution in [0.2, 0.25) is 0 Å². The quantitative estimate of drug-likeness (QED) is 0.436. The number of carbonyl (C=O) groups is 2. The minimum absolute atomic E-state index is 0.0634. The van der Waals surface area contributed by atoms with Crippen LogP contribution in [0.25, 0.3) is 0 Å². The maximum Gasteiger partial charge on any atom is 0.257 e. The van der Waals surface area contributed by atoms with Gasteiger partial charge in [0.25, 0.3) is 5.91 Å². The minimum atomic E-state index is -0.226. The smallest absolute Gasteiger partial charge is 0.257 e. The Labute approximate surface area is 184 Å². The number of anilines is 1. The number of hydrogen-bond acceptors (Lipinski definition) is 5. The van der Waals surface area contributed by atoms with Crippen LogP contribution in [0, 0.1) is 0 Å². The highest BCUT2D eigenvalue weighted by Gasteiger charge is 2.18. The van der Waals surface area contributed by atoms with Gasteiger partial charge in [0.05, 0.1) is 24.9 Å². The number of aromatic nitrogens is 1. The van der Waals surface area contributed by atoms with E-state index in [1.807, 2.05) is 48.5 Å². The minimum Gasteiger partial charge on any atom is -0.467 e. The average molecular weight is 432 g/mol. The lowest BCUT2D eigenvalue weighted by Crippen LogP contribution is -2.31. The number of nitrogens with zero attached hydrogens (tertiary/aromatic N) is 2. The van der Waals surface area contributed by atoms with Gasteiger partial charge in [0.15, 0.2) is 5.13 Å². The zero-order valence-corrected chi connectivity index (χ0v) is 17.5. The van der Waals surface area contributed by atoms with E-state index in [1.54, 1.807) is 40.8 Å². The van der Waals surface area contributed by atoms with Crippen molar-refractivity contribution in [2.45, 2.75) is 19.5 Å². The zero-order chi connectivity index (χ0) is 21.5. The molecular formula is C24H21N3O3S. The summed E-state index contributed by atoms with van der Waals surface area (Å²) in [5, 5.41) is 5.05. The molecule has 0 spiro atoms. The van der Waals surface area contributed by atoms with E-state index in [1.165, 1.54) is 11.3 Å². The summed E-state index contributed by atoms with van der Waals surface area (Å²) in [5.41, 5.74) is 2.22. The lowest BCUT2D eigenvalue weighted by Gasteiger charge is -2.21. The summed E-state index contributed by atoms with van der Waals surface area (Å²) in [4.78, 5) is 31.5. The molecule has 31 heavy (non-hydrogen) atoms. The predicted octanol–water partition coefficient (Wildman–Crippen LogP) is 4.76. The first-order valence-corrected chi connectivity index (χ1v) is 10.7. The van der Waals surface area contributed by atoms with Crippen molar-refractivity contribution in [3.63, 3.8) is 0 Å². The lowest BCUT2D eigenvalue weighted by atomic mass is 10.2. The van der Waals surface area contributed by atoms with Crippen molar-refractivity contribution in [1.82, 2.24) is 9.88 Å². The molecule has 1 N–H and O–H groups in total. The molecule has 0 aliphatic rings. The number of carbonyl (C=O) groups excluding carboxylic acids is 2. The van der Waals surface area contributed by atoms with Crippen LogP contribution < -0.4 is 5.32 Å². The Morgan fingerprint density at radius 3 is 2.39 bits per heavy atom. The normalized spacial score (nSPS) is 10.6. The number of furan rings is 1. The van der Waals surface area contributed by atoms with Gasteiger partial charge in [-0.05, 0) is 29.8 Å². The highest BCUT2D eigenvalue weighted by molar-refractivity contribution is 7.14. The molecule has 0 saturated carbocycles. The number of nitrogens with one attached hydrogen (secondary N) is 1. The molecule has 7 heteroatoms. The lowest BCUT2D eigenvalue weighted by molar-refractivity contribution is -0.132. The Balaban J connectivity index is 1.42. The summed E-state index contributed by atoms with van der Waals surface area (Å²) in [6, 6.07) is 22.4. The van der Waals surface area contributed by atoms with Crippen LogP contribution in [0.3, 0.4) is 0 Å². The molecule has 156 valence electrons. The van der Waals surface area contributed by atoms with E-state index < -0.39 is 0 Å². The van der Waals surface area contributed by atoms with Crippen molar-refractivity contribution in [2.24, 2.45) is 0 Å². The Hall–Kier alpha value is -3.71. The molecule has 2 amide bonds. The van der Waals surface area contributed by atoms with Crippen molar-refractivity contribution in [3.8, 4) is 0 Å². The van der Waals surface area contributed by atoms with E-state index in [4.69, 9.17) is 4.42 Å². The first-order valence-electron chi connectivity index (χ1n) is 9.82. The largest absolute Gasteiger partial charge is 0.467 e. The fraction of sp³-hybridized carbons (Fsp3) is 0.125. The molecule has 2 aromatic carbocycles. The van der Waals surface area contributed by atoms with Crippen molar-refractivity contribution in [3.05, 3.63) is 107 Å². The molecule has 2 aromatic heterocycles. The van der Waals surface area contributed by atoms with E-state index in [0.717, 1.165) is 11.3 Å². The monoisotopic (exact) mass is 431 g/mol. The van der Waals surface area contributed by atoms with Crippen LogP contribution >= 0.6 is 11.3 Å². The molecule has 0 radical (unpaired) electrons. The third-order valence-corrected chi connectivity index (χ3v) is 5.44. The highest BCUT2D eigenvalue weighted by atomic mass is 32.1. The van der Waals surface area contributed by atoms with Gasteiger partial charge in [-0.3, -0.25) is 14.9 Å². The number of rotatable bonds is 8. The molecule has 0 atom stereocenters. The van der Waals surface area contributed by atoms with Crippen LogP contribution in [0.1, 0.15) is 27.4 Å². The summed E-state index contributed by atoms with van der Waals surface area (Å²) in [6.07, 6.45) is 1.74. The Morgan fingerprint density at radius 1 is 0.935 bits per heavy atom. The molecule has 0 unspecified atom stereocenters. The van der Waals surface area contributed by atoms with Crippen LogP contribution in [0.5, 0.6) is 0 Å². The first-order chi connectivity index (χ1) is 15.2. The molecule has 0 bridgehead atoms. The molecule has 0 aliphatic carbocycles.